The Morgan fingerprint density at radius 3 is 1.05 bits per heavy atom. The minimum atomic E-state index is -0.584. The van der Waals surface area contributed by atoms with Gasteiger partial charge in [-0.3, -0.25) is 29.1 Å². The topological polar surface area (TPSA) is 344 Å². The molecule has 34 heteroatoms. The number of Topliss-reactive ketones (excluding diaryl/α,β-unsaturated/α-hetero) is 1. The van der Waals surface area contributed by atoms with Crippen molar-refractivity contribution in [3.63, 3.8) is 0 Å². The number of aliphatic hydroxyl groups is 2. The Balaban J connectivity index is 0.000000234. The van der Waals surface area contributed by atoms with Crippen LogP contribution in [-0.4, -0.2) is 171 Å². The van der Waals surface area contributed by atoms with Crippen LogP contribution in [0.25, 0.3) is 30.4 Å². The van der Waals surface area contributed by atoms with Gasteiger partial charge in [-0.25, -0.2) is 49.1 Å². The number of ketones is 1. The van der Waals surface area contributed by atoms with Crippen LogP contribution in [0.3, 0.4) is 0 Å². The molecule has 5 atom stereocenters. The van der Waals surface area contributed by atoms with Crippen molar-refractivity contribution in [2.75, 3.05) is 26.9 Å². The molecule has 0 bridgehead atoms. The van der Waals surface area contributed by atoms with Crippen LogP contribution < -0.4 is 26.6 Å². The summed E-state index contributed by atoms with van der Waals surface area (Å²) in [6.45, 7) is 35.0. The molecule has 7 N–H and O–H groups in total. The molecule has 6 heterocycles. The van der Waals surface area contributed by atoms with Gasteiger partial charge < -0.3 is 55.7 Å². The largest absolute Gasteiger partial charge is 0.453 e. The number of aromatic nitrogens is 6. The second kappa shape index (κ2) is 48.6. The first-order valence-corrected chi connectivity index (χ1v) is 43.1. The van der Waals surface area contributed by atoms with Crippen molar-refractivity contribution in [2.45, 2.75) is 245 Å². The van der Waals surface area contributed by atoms with E-state index in [1.807, 2.05) is 126 Å². The van der Waals surface area contributed by atoms with Crippen LogP contribution in [0.1, 0.15) is 265 Å². The van der Waals surface area contributed by atoms with E-state index in [-0.39, 0.29) is 76.7 Å². The average molecular weight is 1840 g/mol. The SMILES string of the molecule is C=Cc1cc(C(C)N(C(=O)OC(C)(C)C)C2CC2)cc(/C=C/NC(=O)CO)n1.C=Cc1cc(C(C)NC2CC2)cc(/C=C/NC(=O)CO)n1.CC(=O)c1cc(Cl)nc(Cl)c1.CC(NC1CC1)c1cc(Cl)nc(Cl)c1.CC(c1cc(Cl)nc(Cl)c1)N(C(=O)OC(C)(C)C)C1CC1.COC(=O)NC/C=C/c1cc(C(C)N(C(=O)OC(C)(C)C)C2CC2)cc(Cl)n1. The van der Waals surface area contributed by atoms with Crippen molar-refractivity contribution in [1.82, 2.24) is 71.2 Å². The van der Waals surface area contributed by atoms with Crippen molar-refractivity contribution >= 4 is 154 Å². The highest BCUT2D eigenvalue weighted by molar-refractivity contribution is 6.34. The van der Waals surface area contributed by atoms with Crippen LogP contribution in [0, 0.1) is 0 Å². The van der Waals surface area contributed by atoms with E-state index in [1.54, 1.807) is 69.4 Å². The molecule has 6 aromatic rings. The summed E-state index contributed by atoms with van der Waals surface area (Å²) >= 11 is 40.8. The van der Waals surface area contributed by atoms with E-state index in [2.05, 4.69) is 88.2 Å². The number of rotatable bonds is 27. The van der Waals surface area contributed by atoms with Crippen molar-refractivity contribution in [3.8, 4) is 0 Å². The second-order valence-electron chi connectivity index (χ2n) is 32.8. The Bertz CT molecular complexity index is 4650. The zero-order valence-electron chi connectivity index (χ0n) is 72.5. The maximum absolute atomic E-state index is 12.8. The van der Waals surface area contributed by atoms with Gasteiger partial charge in [-0.2, -0.15) is 0 Å². The first kappa shape index (κ1) is 103. The molecule has 5 saturated carbocycles. The number of methoxy groups -OCH3 is 1. The molecule has 5 fully saturated rings. The van der Waals surface area contributed by atoms with Crippen LogP contribution >= 0.6 is 81.2 Å². The summed E-state index contributed by atoms with van der Waals surface area (Å²) in [5.74, 6) is -1.03. The van der Waals surface area contributed by atoms with Gasteiger partial charge in [0.2, 0.25) is 11.8 Å². The van der Waals surface area contributed by atoms with Crippen LogP contribution in [-0.2, 0) is 28.5 Å². The number of alkyl carbamates (subject to hydrolysis) is 1. The van der Waals surface area contributed by atoms with Crippen molar-refractivity contribution < 1.29 is 62.7 Å². The average Bonchev–Trinajstić information content (AvgIpc) is 1.70. The van der Waals surface area contributed by atoms with Crippen molar-refractivity contribution in [1.29, 1.82) is 0 Å². The number of ether oxygens (including phenoxy) is 4. The first-order chi connectivity index (χ1) is 57.8. The summed E-state index contributed by atoms with van der Waals surface area (Å²) in [6, 6.07) is 23.4. The molecule has 0 radical (unpaired) electrons. The number of aliphatic hydroxyl groups excluding tert-OH is 2. The molecular weight excluding hydrogens is 1720 g/mol. The number of nitrogens with one attached hydrogen (secondary N) is 5. The normalized spacial score (nSPS) is 15.4. The predicted molar refractivity (Wildman–Crippen MR) is 486 cm³/mol. The van der Waals surface area contributed by atoms with E-state index >= 15 is 0 Å². The van der Waals surface area contributed by atoms with E-state index in [9.17, 15) is 33.6 Å². The quantitative estimate of drug-likeness (QED) is 0.0143. The number of halogens is 7. The summed E-state index contributed by atoms with van der Waals surface area (Å²) in [4.78, 5) is 112. The highest BCUT2D eigenvalue weighted by Crippen LogP contribution is 2.40. The molecule has 6 amide bonds. The van der Waals surface area contributed by atoms with Crippen LogP contribution in [0.5, 0.6) is 0 Å². The van der Waals surface area contributed by atoms with Gasteiger partial charge in [-0.1, -0.05) is 100 Å². The van der Waals surface area contributed by atoms with Gasteiger partial charge in [0.1, 0.15) is 66.1 Å². The maximum Gasteiger partial charge on any atom is 0.411 e. The number of nitrogens with zero attached hydrogens (tertiary/aromatic N) is 9. The van der Waals surface area contributed by atoms with Gasteiger partial charge in [0.15, 0.2) is 5.78 Å². The fourth-order valence-electron chi connectivity index (χ4n) is 11.7. The number of carbonyl (C=O) groups excluding carboxylic acids is 7. The van der Waals surface area contributed by atoms with E-state index < -0.39 is 47.9 Å². The number of hydrogen-bond acceptors (Lipinski definition) is 21. The van der Waals surface area contributed by atoms with Crippen LogP contribution in [0.2, 0.25) is 36.1 Å². The Morgan fingerprint density at radius 2 is 0.732 bits per heavy atom. The lowest BCUT2D eigenvalue weighted by atomic mass is 10.1. The molecule has 27 nitrogen and oxygen atoms in total. The Kier molecular flexibility index (Phi) is 40.7. The smallest absolute Gasteiger partial charge is 0.411 e. The highest BCUT2D eigenvalue weighted by Gasteiger charge is 2.42. The van der Waals surface area contributed by atoms with Gasteiger partial charge in [0, 0.05) is 66.8 Å². The van der Waals surface area contributed by atoms with Gasteiger partial charge >= 0.3 is 24.4 Å². The maximum atomic E-state index is 12.8. The standard InChI is InChI=1S/C21H29N3O4.C20H28ClN3O4.C16H21N3O2.C15H20Cl2N2O2.C10H12Cl2N2.C7H5Cl2NO/c1-6-16-11-15(12-17(23-16)9-10-22-19(26)13-25)14(2)24(18-7-8-18)20(27)28-21(3,4)5;1-13(24(16-8-9-16)19(26)28-20(2,3)4)14-11-15(23-17(21)12-14)7-6-10-22-18(25)27-5;1-3-13-8-12(11(2)18-14-4-5-14)9-15(19-13)6-7-17-16(21)10-20;1-9(10-7-12(16)18-13(17)8-10)19(11-5-6-11)14(20)21-15(2,3)4;1-6(13-8-2-3-8)7-4-9(11)14-10(12)5-7;1-4(11)5-2-6(8)10-7(9)3-5/h6,9-12,14,18,25H,1,7-8,13H2,2-5H3,(H,22,26);6-7,11-13,16H,8-10H2,1-5H3,(H,22,25);3,6-9,11,14,18,20H,1,4-5,10H2,2H3,(H,17,21);7-9,11H,5-6H2,1-4H3;4-6,8,13H,2-3H2,1H3;2-3H,1H3/b10-9+;2*7-6+;;;. The van der Waals surface area contributed by atoms with Crippen LogP contribution in [0.4, 0.5) is 19.2 Å². The fourth-order valence-corrected chi connectivity index (χ4v) is 13.4. The fraction of sp³-hybridized carbons (Fsp3) is 0.472. The molecule has 5 aliphatic carbocycles. The number of carbonyl (C=O) groups is 7. The zero-order valence-corrected chi connectivity index (χ0v) is 77.8. The summed E-state index contributed by atoms with van der Waals surface area (Å²) in [6.07, 6.45) is 22.5. The Labute approximate surface area is 756 Å². The molecule has 0 aliphatic heterocycles. The minimum Gasteiger partial charge on any atom is -0.453 e. The third-order valence-electron chi connectivity index (χ3n) is 18.3. The molecule has 0 aromatic carbocycles. The monoisotopic (exact) mass is 1830 g/mol. The van der Waals surface area contributed by atoms with Gasteiger partial charge in [-0.15, -0.1) is 0 Å². The molecule has 0 spiro atoms. The third-order valence-corrected chi connectivity index (χ3v) is 19.7. The summed E-state index contributed by atoms with van der Waals surface area (Å²) in [5, 5.41) is 34.2. The lowest BCUT2D eigenvalue weighted by Gasteiger charge is -2.32. The van der Waals surface area contributed by atoms with E-state index in [0.29, 0.717) is 73.1 Å². The number of hydrogen-bond donors (Lipinski definition) is 7. The van der Waals surface area contributed by atoms with E-state index in [0.717, 1.165) is 77.7 Å². The van der Waals surface area contributed by atoms with Gasteiger partial charge in [0.05, 0.1) is 53.7 Å². The molecule has 0 saturated heterocycles. The number of amides is 6. The minimum absolute atomic E-state index is 0.0730. The molecular formula is C89H115Cl7N14O13. The summed E-state index contributed by atoms with van der Waals surface area (Å²) in [5.41, 5.74) is 7.17. The lowest BCUT2D eigenvalue weighted by Crippen LogP contribution is -2.39. The van der Waals surface area contributed by atoms with Gasteiger partial charge in [-0.05, 0) is 299 Å². The molecule has 5 aliphatic rings. The summed E-state index contributed by atoms with van der Waals surface area (Å²) < 4.78 is 21.2. The van der Waals surface area contributed by atoms with E-state index in [4.69, 9.17) is 106 Å². The molecule has 6 aromatic heterocycles. The van der Waals surface area contributed by atoms with Crippen LogP contribution in [0.15, 0.2) is 104 Å². The predicted octanol–water partition coefficient (Wildman–Crippen LogP) is 20.1. The van der Waals surface area contributed by atoms with E-state index in [1.165, 1.54) is 64.2 Å². The highest BCUT2D eigenvalue weighted by atomic mass is 35.5. The van der Waals surface area contributed by atoms with Gasteiger partial charge in [0.25, 0.3) is 0 Å². The zero-order chi connectivity index (χ0) is 91.4. The van der Waals surface area contributed by atoms with Crippen molar-refractivity contribution in [3.05, 3.63) is 202 Å². The molecule has 11 rings (SSSR count). The first-order valence-electron chi connectivity index (χ1n) is 40.4. The third kappa shape index (κ3) is 38.7. The molecule has 123 heavy (non-hydrogen) atoms. The molecule has 5 unspecified atom stereocenters. The number of pyridine rings is 6. The Hall–Kier alpha value is -8.84. The lowest BCUT2D eigenvalue weighted by molar-refractivity contribution is -0.123. The summed E-state index contributed by atoms with van der Waals surface area (Å²) in [7, 11) is 1.31. The second-order valence-corrected chi connectivity index (χ2v) is 35.5. The Morgan fingerprint density at radius 1 is 0.439 bits per heavy atom. The molecule has 668 valence electrons. The van der Waals surface area contributed by atoms with Crippen molar-refractivity contribution in [2.24, 2.45) is 0 Å².